The van der Waals surface area contributed by atoms with Crippen molar-refractivity contribution in [2.75, 3.05) is 11.9 Å². The average Bonchev–Trinajstić information content (AvgIpc) is 3.32. The number of nitrogens with one attached hydrogen (secondary N) is 1. The quantitative estimate of drug-likeness (QED) is 0.569. The summed E-state index contributed by atoms with van der Waals surface area (Å²) in [5.41, 5.74) is 1.91. The maximum Gasteiger partial charge on any atom is 0.227 e. The molecule has 0 bridgehead atoms. The van der Waals surface area contributed by atoms with Crippen molar-refractivity contribution in [3.63, 3.8) is 0 Å². The SMILES string of the molecule is CC[C@H](CO)Nc1nc2sc(C)c(C)c2c2nc(-c3ccco3)nn12. The van der Waals surface area contributed by atoms with Gasteiger partial charge < -0.3 is 14.8 Å². The summed E-state index contributed by atoms with van der Waals surface area (Å²) in [7, 11) is 0. The second kappa shape index (κ2) is 6.12. The predicted octanol–water partition coefficient (Wildman–Crippen LogP) is 3.40. The minimum atomic E-state index is -0.0911. The van der Waals surface area contributed by atoms with Gasteiger partial charge in [0.1, 0.15) is 4.83 Å². The Bertz CT molecular complexity index is 1030. The Morgan fingerprint density at radius 3 is 2.88 bits per heavy atom. The maximum absolute atomic E-state index is 9.53. The molecular formula is C17H19N5O2S. The lowest BCUT2D eigenvalue weighted by Gasteiger charge is -2.15. The highest BCUT2D eigenvalue weighted by atomic mass is 32.1. The molecule has 25 heavy (non-hydrogen) atoms. The Morgan fingerprint density at radius 2 is 2.20 bits per heavy atom. The number of thiophene rings is 1. The molecule has 2 N–H and O–H groups in total. The molecule has 0 saturated carbocycles. The average molecular weight is 357 g/mol. The van der Waals surface area contributed by atoms with Crippen LogP contribution in [0.15, 0.2) is 22.8 Å². The Balaban J connectivity index is 1.99. The maximum atomic E-state index is 9.53. The molecule has 4 rings (SSSR count). The van der Waals surface area contributed by atoms with Gasteiger partial charge in [-0.2, -0.15) is 4.52 Å². The Labute approximate surface area is 148 Å². The van der Waals surface area contributed by atoms with Crippen LogP contribution in [0.4, 0.5) is 5.95 Å². The van der Waals surface area contributed by atoms with Gasteiger partial charge in [-0.05, 0) is 38.0 Å². The van der Waals surface area contributed by atoms with Crippen molar-refractivity contribution in [1.29, 1.82) is 0 Å². The van der Waals surface area contributed by atoms with E-state index in [2.05, 4.69) is 24.3 Å². The summed E-state index contributed by atoms with van der Waals surface area (Å²) in [5, 5.41) is 18.4. The molecule has 0 saturated heterocycles. The van der Waals surface area contributed by atoms with E-state index in [1.807, 2.05) is 19.1 Å². The van der Waals surface area contributed by atoms with Crippen molar-refractivity contribution in [1.82, 2.24) is 19.6 Å². The number of aliphatic hydroxyl groups is 1. The predicted molar refractivity (Wildman–Crippen MR) is 98.1 cm³/mol. The molecule has 4 aromatic heterocycles. The first-order valence-corrected chi connectivity index (χ1v) is 9.01. The summed E-state index contributed by atoms with van der Waals surface area (Å²) in [6.07, 6.45) is 2.38. The zero-order valence-electron chi connectivity index (χ0n) is 14.3. The molecule has 0 aliphatic rings. The third-order valence-corrected chi connectivity index (χ3v) is 5.49. The Morgan fingerprint density at radius 1 is 1.36 bits per heavy atom. The second-order valence-electron chi connectivity index (χ2n) is 5.98. The summed E-state index contributed by atoms with van der Waals surface area (Å²) < 4.78 is 7.15. The van der Waals surface area contributed by atoms with E-state index >= 15 is 0 Å². The number of hydrogen-bond donors (Lipinski definition) is 2. The summed E-state index contributed by atoms with van der Waals surface area (Å²) in [6.45, 7) is 6.20. The zero-order chi connectivity index (χ0) is 17.6. The van der Waals surface area contributed by atoms with Gasteiger partial charge in [0.05, 0.1) is 24.3 Å². The summed E-state index contributed by atoms with van der Waals surface area (Å²) >= 11 is 1.64. The highest BCUT2D eigenvalue weighted by Gasteiger charge is 2.20. The fourth-order valence-electron chi connectivity index (χ4n) is 2.78. The first kappa shape index (κ1) is 16.0. The lowest BCUT2D eigenvalue weighted by Crippen LogP contribution is -2.25. The van der Waals surface area contributed by atoms with Gasteiger partial charge in [-0.1, -0.05) is 6.92 Å². The lowest BCUT2D eigenvalue weighted by molar-refractivity contribution is 0.271. The van der Waals surface area contributed by atoms with E-state index in [1.165, 1.54) is 4.88 Å². The first-order valence-electron chi connectivity index (χ1n) is 8.20. The van der Waals surface area contributed by atoms with E-state index in [4.69, 9.17) is 14.4 Å². The smallest absolute Gasteiger partial charge is 0.227 e. The van der Waals surface area contributed by atoms with Gasteiger partial charge in [-0.15, -0.1) is 16.4 Å². The van der Waals surface area contributed by atoms with Crippen LogP contribution in [-0.4, -0.2) is 37.3 Å². The monoisotopic (exact) mass is 357 g/mol. The van der Waals surface area contributed by atoms with Gasteiger partial charge in [-0.3, -0.25) is 0 Å². The van der Waals surface area contributed by atoms with Crippen molar-refractivity contribution in [3.05, 3.63) is 28.8 Å². The standard InChI is InChI=1S/C17H19N5O2S/c1-4-11(8-23)18-17-20-16-13(9(2)10(3)25-16)15-19-14(21-22(15)17)12-6-5-7-24-12/h5-7,11,23H,4,8H2,1-3H3,(H,18,20)/t11-/m1/s1. The number of aryl methyl sites for hydroxylation is 2. The largest absolute Gasteiger partial charge is 0.461 e. The van der Waals surface area contributed by atoms with Gasteiger partial charge in [0.15, 0.2) is 11.4 Å². The van der Waals surface area contributed by atoms with Crippen molar-refractivity contribution < 1.29 is 9.52 Å². The molecule has 4 heterocycles. The molecule has 0 spiro atoms. The highest BCUT2D eigenvalue weighted by molar-refractivity contribution is 7.18. The molecule has 0 radical (unpaired) electrons. The van der Waals surface area contributed by atoms with E-state index in [0.29, 0.717) is 17.5 Å². The van der Waals surface area contributed by atoms with Crippen molar-refractivity contribution in [3.8, 4) is 11.6 Å². The third-order valence-electron chi connectivity index (χ3n) is 4.39. The van der Waals surface area contributed by atoms with E-state index in [9.17, 15) is 5.11 Å². The molecule has 0 amide bonds. The van der Waals surface area contributed by atoms with Crippen LogP contribution in [0, 0.1) is 13.8 Å². The number of fused-ring (bicyclic) bond motifs is 3. The van der Waals surface area contributed by atoms with Crippen LogP contribution >= 0.6 is 11.3 Å². The summed E-state index contributed by atoms with van der Waals surface area (Å²) in [4.78, 5) is 11.6. The lowest BCUT2D eigenvalue weighted by atomic mass is 10.2. The summed E-state index contributed by atoms with van der Waals surface area (Å²) in [5.74, 6) is 1.71. The molecule has 130 valence electrons. The number of aliphatic hydroxyl groups excluding tert-OH is 1. The van der Waals surface area contributed by atoms with Gasteiger partial charge in [-0.25, -0.2) is 9.97 Å². The molecule has 0 aliphatic carbocycles. The van der Waals surface area contributed by atoms with E-state index in [0.717, 1.165) is 27.8 Å². The molecular weight excluding hydrogens is 338 g/mol. The van der Waals surface area contributed by atoms with Crippen LogP contribution in [0.25, 0.3) is 27.4 Å². The van der Waals surface area contributed by atoms with Crippen molar-refractivity contribution >= 4 is 33.1 Å². The Hall–Kier alpha value is -2.45. The van der Waals surface area contributed by atoms with Crippen molar-refractivity contribution in [2.24, 2.45) is 0 Å². The van der Waals surface area contributed by atoms with Crippen LogP contribution in [0.5, 0.6) is 0 Å². The fraction of sp³-hybridized carbons (Fsp3) is 0.353. The number of anilines is 1. The summed E-state index contributed by atoms with van der Waals surface area (Å²) in [6, 6.07) is 3.56. The number of aromatic nitrogens is 4. The van der Waals surface area contributed by atoms with E-state index in [-0.39, 0.29) is 12.6 Å². The fourth-order valence-corrected chi connectivity index (χ4v) is 3.80. The third kappa shape index (κ3) is 2.58. The minimum Gasteiger partial charge on any atom is -0.461 e. The van der Waals surface area contributed by atoms with Gasteiger partial charge >= 0.3 is 0 Å². The normalized spacial score (nSPS) is 13.0. The molecule has 0 aliphatic heterocycles. The highest BCUT2D eigenvalue weighted by Crippen LogP contribution is 2.33. The molecule has 4 aromatic rings. The Kier molecular flexibility index (Phi) is 3.93. The number of rotatable bonds is 5. The van der Waals surface area contributed by atoms with Crippen LogP contribution in [-0.2, 0) is 0 Å². The van der Waals surface area contributed by atoms with Crippen LogP contribution < -0.4 is 5.32 Å². The molecule has 0 aromatic carbocycles. The number of furan rings is 1. The minimum absolute atomic E-state index is 0.0277. The molecule has 0 unspecified atom stereocenters. The molecule has 7 nitrogen and oxygen atoms in total. The number of hydrogen-bond acceptors (Lipinski definition) is 7. The van der Waals surface area contributed by atoms with Crippen LogP contribution in [0.2, 0.25) is 0 Å². The molecule has 1 atom stereocenters. The number of nitrogens with zero attached hydrogens (tertiary/aromatic N) is 4. The van der Waals surface area contributed by atoms with Gasteiger partial charge in [0, 0.05) is 4.88 Å². The van der Waals surface area contributed by atoms with Gasteiger partial charge in [0.2, 0.25) is 11.8 Å². The second-order valence-corrected chi connectivity index (χ2v) is 7.18. The van der Waals surface area contributed by atoms with Crippen LogP contribution in [0.3, 0.4) is 0 Å². The zero-order valence-corrected chi connectivity index (χ0v) is 15.1. The van der Waals surface area contributed by atoms with E-state index < -0.39 is 0 Å². The first-order chi connectivity index (χ1) is 12.1. The molecule has 8 heteroatoms. The topological polar surface area (TPSA) is 88.5 Å². The van der Waals surface area contributed by atoms with Gasteiger partial charge in [0.25, 0.3) is 0 Å². The van der Waals surface area contributed by atoms with Crippen LogP contribution in [0.1, 0.15) is 23.8 Å². The van der Waals surface area contributed by atoms with E-state index in [1.54, 1.807) is 22.1 Å². The molecule has 0 fully saturated rings. The van der Waals surface area contributed by atoms with Crippen molar-refractivity contribution in [2.45, 2.75) is 33.2 Å².